The number of carbonyl (C=O) groups excluding carboxylic acids is 1. The summed E-state index contributed by atoms with van der Waals surface area (Å²) in [6, 6.07) is 0. The Hall–Kier alpha value is -0.570. The van der Waals surface area contributed by atoms with Gasteiger partial charge in [0.05, 0.1) is 0 Å². The molecule has 0 aromatic heterocycles. The lowest BCUT2D eigenvalue weighted by Gasteiger charge is -2.20. The van der Waals surface area contributed by atoms with Gasteiger partial charge in [0, 0.05) is 6.42 Å². The summed E-state index contributed by atoms with van der Waals surface area (Å²) < 4.78 is 0. The zero-order chi connectivity index (χ0) is 8.20. The third kappa shape index (κ3) is 3.45. The van der Waals surface area contributed by atoms with E-state index in [1.807, 2.05) is 20.8 Å². The highest BCUT2D eigenvalue weighted by atomic mass is 16.5. The van der Waals surface area contributed by atoms with Gasteiger partial charge in [-0.15, -0.1) is 0 Å². The van der Waals surface area contributed by atoms with Crippen LogP contribution in [0.2, 0.25) is 0 Å². The molecule has 0 aliphatic carbocycles. The lowest BCUT2D eigenvalue weighted by molar-refractivity contribution is -0.131. The Kier molecular flexibility index (Phi) is 3.36. The van der Waals surface area contributed by atoms with E-state index >= 15 is 0 Å². The Morgan fingerprint density at radius 3 is 2.40 bits per heavy atom. The molecule has 0 heterocycles. The standard InChI is InChI=1S/C7H15NO2/c1-4-7(2,3)5-6(9)8-10/h10H,4-5H2,1-3H3,(H,8,9). The Balaban J connectivity index is 3.76. The number of hydroxylamine groups is 1. The lowest BCUT2D eigenvalue weighted by atomic mass is 9.86. The predicted molar refractivity (Wildman–Crippen MR) is 38.6 cm³/mol. The smallest absolute Gasteiger partial charge is 0.243 e. The fraction of sp³-hybridized carbons (Fsp3) is 0.857. The van der Waals surface area contributed by atoms with E-state index in [1.165, 1.54) is 0 Å². The SMILES string of the molecule is CCC(C)(C)CC(=O)NO. The summed E-state index contributed by atoms with van der Waals surface area (Å²) in [5, 5.41) is 8.19. The van der Waals surface area contributed by atoms with E-state index in [4.69, 9.17) is 5.21 Å². The van der Waals surface area contributed by atoms with E-state index < -0.39 is 0 Å². The van der Waals surface area contributed by atoms with E-state index in [-0.39, 0.29) is 11.3 Å². The molecule has 0 aliphatic heterocycles. The average molecular weight is 145 g/mol. The molecule has 3 nitrogen and oxygen atoms in total. The second-order valence-electron chi connectivity index (χ2n) is 3.23. The van der Waals surface area contributed by atoms with Crippen molar-refractivity contribution in [2.24, 2.45) is 5.41 Å². The summed E-state index contributed by atoms with van der Waals surface area (Å²) in [7, 11) is 0. The van der Waals surface area contributed by atoms with Crippen LogP contribution in [0.5, 0.6) is 0 Å². The number of hydrogen-bond donors (Lipinski definition) is 2. The second-order valence-corrected chi connectivity index (χ2v) is 3.23. The largest absolute Gasteiger partial charge is 0.289 e. The highest BCUT2D eigenvalue weighted by Crippen LogP contribution is 2.23. The molecule has 0 bridgehead atoms. The predicted octanol–water partition coefficient (Wildman–Crippen LogP) is 1.32. The first-order valence-corrected chi connectivity index (χ1v) is 3.45. The van der Waals surface area contributed by atoms with Crippen molar-refractivity contribution in [2.75, 3.05) is 0 Å². The zero-order valence-electron chi connectivity index (χ0n) is 6.77. The monoisotopic (exact) mass is 145 g/mol. The quantitative estimate of drug-likeness (QED) is 0.464. The number of amides is 1. The van der Waals surface area contributed by atoms with Crippen molar-refractivity contribution in [3.8, 4) is 0 Å². The Morgan fingerprint density at radius 1 is 1.60 bits per heavy atom. The van der Waals surface area contributed by atoms with Crippen molar-refractivity contribution in [3.05, 3.63) is 0 Å². The van der Waals surface area contributed by atoms with Crippen molar-refractivity contribution >= 4 is 5.91 Å². The molecule has 0 rings (SSSR count). The molecule has 0 aliphatic rings. The van der Waals surface area contributed by atoms with E-state index in [0.717, 1.165) is 6.42 Å². The van der Waals surface area contributed by atoms with Gasteiger partial charge in [0.2, 0.25) is 5.91 Å². The van der Waals surface area contributed by atoms with Gasteiger partial charge in [0.15, 0.2) is 0 Å². The van der Waals surface area contributed by atoms with Crippen molar-refractivity contribution < 1.29 is 10.0 Å². The van der Waals surface area contributed by atoms with Crippen LogP contribution in [0.25, 0.3) is 0 Å². The van der Waals surface area contributed by atoms with Crippen LogP contribution in [-0.2, 0) is 4.79 Å². The van der Waals surface area contributed by atoms with Gasteiger partial charge >= 0.3 is 0 Å². The minimum Gasteiger partial charge on any atom is -0.289 e. The van der Waals surface area contributed by atoms with Crippen molar-refractivity contribution in [1.82, 2.24) is 5.48 Å². The molecule has 0 saturated carbocycles. The Morgan fingerprint density at radius 2 is 2.10 bits per heavy atom. The molecular weight excluding hydrogens is 130 g/mol. The van der Waals surface area contributed by atoms with Crippen LogP contribution in [0.4, 0.5) is 0 Å². The zero-order valence-corrected chi connectivity index (χ0v) is 6.77. The molecule has 0 unspecified atom stereocenters. The van der Waals surface area contributed by atoms with Gasteiger partial charge < -0.3 is 0 Å². The molecule has 0 saturated heterocycles. The molecule has 2 N–H and O–H groups in total. The molecule has 1 amide bonds. The summed E-state index contributed by atoms with van der Waals surface area (Å²) in [5.41, 5.74) is 1.61. The molecular formula is C7H15NO2. The third-order valence-corrected chi connectivity index (χ3v) is 1.72. The van der Waals surface area contributed by atoms with Crippen LogP contribution in [0.3, 0.4) is 0 Å². The maximum Gasteiger partial charge on any atom is 0.243 e. The van der Waals surface area contributed by atoms with Gasteiger partial charge in [-0.3, -0.25) is 10.0 Å². The molecule has 0 atom stereocenters. The van der Waals surface area contributed by atoms with Gasteiger partial charge in [0.1, 0.15) is 0 Å². The molecule has 0 aromatic carbocycles. The minimum atomic E-state index is -0.313. The molecule has 0 radical (unpaired) electrons. The average Bonchev–Trinajstić information content (AvgIpc) is 1.87. The summed E-state index contributed by atoms with van der Waals surface area (Å²) in [4.78, 5) is 10.6. The van der Waals surface area contributed by atoms with E-state index in [1.54, 1.807) is 5.48 Å². The van der Waals surface area contributed by atoms with E-state index in [2.05, 4.69) is 0 Å². The van der Waals surface area contributed by atoms with Gasteiger partial charge in [0.25, 0.3) is 0 Å². The van der Waals surface area contributed by atoms with Crippen LogP contribution >= 0.6 is 0 Å². The maximum absolute atomic E-state index is 10.6. The first-order chi connectivity index (χ1) is 4.52. The molecule has 10 heavy (non-hydrogen) atoms. The Bertz CT molecular complexity index is 121. The number of nitrogens with one attached hydrogen (secondary N) is 1. The molecule has 3 heteroatoms. The molecule has 0 fully saturated rings. The van der Waals surface area contributed by atoms with Crippen LogP contribution in [0, 0.1) is 5.41 Å². The van der Waals surface area contributed by atoms with Gasteiger partial charge in [-0.05, 0) is 5.41 Å². The topological polar surface area (TPSA) is 49.3 Å². The Labute approximate surface area is 61.4 Å². The maximum atomic E-state index is 10.6. The number of carbonyl (C=O) groups is 1. The van der Waals surface area contributed by atoms with Crippen LogP contribution < -0.4 is 5.48 Å². The summed E-state index contributed by atoms with van der Waals surface area (Å²) in [6.45, 7) is 6.00. The highest BCUT2D eigenvalue weighted by molar-refractivity contribution is 5.75. The number of rotatable bonds is 3. The van der Waals surface area contributed by atoms with Crippen LogP contribution in [0.1, 0.15) is 33.6 Å². The highest BCUT2D eigenvalue weighted by Gasteiger charge is 2.18. The fourth-order valence-electron chi connectivity index (χ4n) is 0.599. The number of hydrogen-bond acceptors (Lipinski definition) is 2. The summed E-state index contributed by atoms with van der Waals surface area (Å²) in [5.74, 6) is -0.313. The third-order valence-electron chi connectivity index (χ3n) is 1.72. The van der Waals surface area contributed by atoms with Crippen molar-refractivity contribution in [3.63, 3.8) is 0 Å². The van der Waals surface area contributed by atoms with E-state index in [9.17, 15) is 4.79 Å². The van der Waals surface area contributed by atoms with Crippen LogP contribution in [-0.4, -0.2) is 11.1 Å². The van der Waals surface area contributed by atoms with Crippen LogP contribution in [0.15, 0.2) is 0 Å². The molecule has 0 spiro atoms. The fourth-order valence-corrected chi connectivity index (χ4v) is 0.599. The second kappa shape index (κ2) is 3.56. The van der Waals surface area contributed by atoms with Crippen molar-refractivity contribution in [1.29, 1.82) is 0 Å². The molecule has 60 valence electrons. The normalized spacial score (nSPS) is 11.2. The first kappa shape index (κ1) is 9.43. The van der Waals surface area contributed by atoms with Gasteiger partial charge in [-0.25, -0.2) is 5.48 Å². The van der Waals surface area contributed by atoms with Crippen molar-refractivity contribution in [2.45, 2.75) is 33.6 Å². The lowest BCUT2D eigenvalue weighted by Crippen LogP contribution is -2.25. The van der Waals surface area contributed by atoms with Gasteiger partial charge in [-0.1, -0.05) is 27.2 Å². The van der Waals surface area contributed by atoms with E-state index in [0.29, 0.717) is 6.42 Å². The van der Waals surface area contributed by atoms with Gasteiger partial charge in [-0.2, -0.15) is 0 Å². The minimum absolute atomic E-state index is 0.00713. The first-order valence-electron chi connectivity index (χ1n) is 3.45. The molecule has 0 aromatic rings. The summed E-state index contributed by atoms with van der Waals surface area (Å²) in [6.07, 6.45) is 1.31. The summed E-state index contributed by atoms with van der Waals surface area (Å²) >= 11 is 0.